The maximum Gasteiger partial charge on any atom is 0.325 e. The van der Waals surface area contributed by atoms with E-state index in [0.29, 0.717) is 17.5 Å². The standard InChI is InChI=1S/C8H14N4O4S/c1-2-16-4-6(13)5-17-8-9-10-11-12(8)3-7(14)15/h6,13H,2-5H2,1H3,(H,14,15). The van der Waals surface area contributed by atoms with Crippen molar-refractivity contribution in [3.05, 3.63) is 0 Å². The lowest BCUT2D eigenvalue weighted by Crippen LogP contribution is -2.18. The second-order valence-corrected chi connectivity index (χ2v) is 4.12. The van der Waals surface area contributed by atoms with Crippen molar-refractivity contribution in [2.45, 2.75) is 24.7 Å². The van der Waals surface area contributed by atoms with Crippen molar-refractivity contribution < 1.29 is 19.7 Å². The average molecular weight is 262 g/mol. The summed E-state index contributed by atoms with van der Waals surface area (Å²) in [5, 5.41) is 29.1. The summed E-state index contributed by atoms with van der Waals surface area (Å²) in [5.41, 5.74) is 0. The topological polar surface area (TPSA) is 110 Å². The van der Waals surface area contributed by atoms with Crippen molar-refractivity contribution in [2.24, 2.45) is 0 Å². The number of ether oxygens (including phenoxy) is 1. The molecule has 1 unspecified atom stereocenters. The summed E-state index contributed by atoms with van der Waals surface area (Å²) in [6, 6.07) is 0. The molecule has 0 aliphatic rings. The number of aromatic nitrogens is 4. The van der Waals surface area contributed by atoms with Gasteiger partial charge in [0.05, 0.1) is 12.7 Å². The second kappa shape index (κ2) is 7.20. The average Bonchev–Trinajstić information content (AvgIpc) is 2.70. The molecule has 0 aliphatic carbocycles. The molecule has 0 saturated heterocycles. The van der Waals surface area contributed by atoms with E-state index < -0.39 is 12.1 Å². The molecule has 0 amide bonds. The van der Waals surface area contributed by atoms with Gasteiger partial charge in [0.15, 0.2) is 0 Å². The number of hydrogen-bond acceptors (Lipinski definition) is 7. The van der Waals surface area contributed by atoms with Gasteiger partial charge in [-0.2, -0.15) is 0 Å². The molecular weight excluding hydrogens is 248 g/mol. The maximum atomic E-state index is 10.5. The number of carboxylic acids is 1. The molecule has 0 spiro atoms. The summed E-state index contributed by atoms with van der Waals surface area (Å²) in [6.07, 6.45) is -0.630. The maximum absolute atomic E-state index is 10.5. The van der Waals surface area contributed by atoms with Crippen LogP contribution in [0, 0.1) is 0 Å². The number of carbonyl (C=O) groups is 1. The lowest BCUT2D eigenvalue weighted by atomic mass is 10.4. The van der Waals surface area contributed by atoms with Crippen molar-refractivity contribution in [2.75, 3.05) is 19.0 Å². The van der Waals surface area contributed by atoms with E-state index >= 15 is 0 Å². The SMILES string of the molecule is CCOCC(O)CSc1nnnn1CC(=O)O. The van der Waals surface area contributed by atoms with Crippen LogP contribution in [0.15, 0.2) is 5.16 Å². The van der Waals surface area contributed by atoms with Crippen LogP contribution < -0.4 is 0 Å². The molecule has 0 saturated carbocycles. The monoisotopic (exact) mass is 262 g/mol. The highest BCUT2D eigenvalue weighted by molar-refractivity contribution is 7.99. The summed E-state index contributed by atoms with van der Waals surface area (Å²) < 4.78 is 6.21. The van der Waals surface area contributed by atoms with E-state index in [9.17, 15) is 9.90 Å². The predicted molar refractivity (Wildman–Crippen MR) is 58.7 cm³/mol. The first-order valence-electron chi connectivity index (χ1n) is 5.00. The van der Waals surface area contributed by atoms with Crippen molar-refractivity contribution >= 4 is 17.7 Å². The first-order valence-corrected chi connectivity index (χ1v) is 5.98. The molecule has 17 heavy (non-hydrogen) atoms. The Kier molecular flexibility index (Phi) is 5.87. The largest absolute Gasteiger partial charge is 0.480 e. The van der Waals surface area contributed by atoms with Crippen molar-refractivity contribution in [3.63, 3.8) is 0 Å². The molecular formula is C8H14N4O4S. The first-order chi connectivity index (χ1) is 8.13. The van der Waals surface area contributed by atoms with Crippen LogP contribution in [-0.2, 0) is 16.1 Å². The zero-order valence-electron chi connectivity index (χ0n) is 9.31. The number of aliphatic hydroxyl groups is 1. The molecule has 1 aromatic heterocycles. The Morgan fingerprint density at radius 2 is 2.41 bits per heavy atom. The molecule has 2 N–H and O–H groups in total. The van der Waals surface area contributed by atoms with Crippen LogP contribution in [0.1, 0.15) is 6.92 Å². The van der Waals surface area contributed by atoms with Crippen LogP contribution in [0.5, 0.6) is 0 Å². The Morgan fingerprint density at radius 1 is 1.65 bits per heavy atom. The Labute approximate surface area is 102 Å². The minimum absolute atomic E-state index is 0.240. The van der Waals surface area contributed by atoms with Crippen LogP contribution in [-0.4, -0.2) is 61.5 Å². The Hall–Kier alpha value is -1.19. The van der Waals surface area contributed by atoms with E-state index in [4.69, 9.17) is 9.84 Å². The fourth-order valence-electron chi connectivity index (χ4n) is 1.000. The van der Waals surface area contributed by atoms with Crippen LogP contribution in [0.3, 0.4) is 0 Å². The molecule has 0 aromatic carbocycles. The van der Waals surface area contributed by atoms with Gasteiger partial charge in [-0.05, 0) is 17.4 Å². The number of aliphatic carboxylic acids is 1. The molecule has 0 fully saturated rings. The molecule has 0 radical (unpaired) electrons. The number of carboxylic acid groups (broad SMARTS) is 1. The molecule has 1 atom stereocenters. The third kappa shape index (κ3) is 5.11. The normalized spacial score (nSPS) is 12.6. The molecule has 8 nitrogen and oxygen atoms in total. The Morgan fingerprint density at radius 3 is 3.06 bits per heavy atom. The summed E-state index contributed by atoms with van der Waals surface area (Å²) in [6.45, 7) is 2.33. The van der Waals surface area contributed by atoms with Gasteiger partial charge in [0, 0.05) is 12.4 Å². The Balaban J connectivity index is 2.40. The van der Waals surface area contributed by atoms with Crippen LogP contribution in [0.4, 0.5) is 0 Å². The summed E-state index contributed by atoms with van der Waals surface area (Å²) in [7, 11) is 0. The zero-order valence-corrected chi connectivity index (χ0v) is 10.1. The number of rotatable bonds is 8. The highest BCUT2D eigenvalue weighted by Gasteiger charge is 2.12. The van der Waals surface area contributed by atoms with Gasteiger partial charge in [-0.25, -0.2) is 4.68 Å². The van der Waals surface area contributed by atoms with Crippen molar-refractivity contribution in [1.82, 2.24) is 20.2 Å². The van der Waals surface area contributed by atoms with E-state index in [0.717, 1.165) is 0 Å². The minimum Gasteiger partial charge on any atom is -0.480 e. The van der Waals surface area contributed by atoms with E-state index in [2.05, 4.69) is 15.5 Å². The quantitative estimate of drug-likeness (QED) is 0.589. The number of thioether (sulfide) groups is 1. The lowest BCUT2D eigenvalue weighted by molar-refractivity contribution is -0.138. The van der Waals surface area contributed by atoms with Crippen LogP contribution >= 0.6 is 11.8 Å². The summed E-state index contributed by atoms with van der Waals surface area (Å²) >= 11 is 1.19. The van der Waals surface area contributed by atoms with Gasteiger partial charge >= 0.3 is 5.97 Å². The van der Waals surface area contributed by atoms with E-state index in [1.54, 1.807) is 0 Å². The third-order valence-electron chi connectivity index (χ3n) is 1.70. The van der Waals surface area contributed by atoms with Gasteiger partial charge in [-0.15, -0.1) is 5.10 Å². The van der Waals surface area contributed by atoms with Gasteiger partial charge in [0.25, 0.3) is 0 Å². The highest BCUT2D eigenvalue weighted by Crippen LogP contribution is 2.14. The zero-order chi connectivity index (χ0) is 12.7. The van der Waals surface area contributed by atoms with Gasteiger partial charge in [-0.1, -0.05) is 11.8 Å². The van der Waals surface area contributed by atoms with E-state index in [1.165, 1.54) is 16.4 Å². The summed E-state index contributed by atoms with van der Waals surface area (Å²) in [5.74, 6) is -0.672. The summed E-state index contributed by atoms with van der Waals surface area (Å²) in [4.78, 5) is 10.5. The molecule has 1 aromatic rings. The lowest BCUT2D eigenvalue weighted by Gasteiger charge is -2.09. The number of aliphatic hydroxyl groups excluding tert-OH is 1. The molecule has 9 heteroatoms. The van der Waals surface area contributed by atoms with E-state index in [1.807, 2.05) is 6.92 Å². The van der Waals surface area contributed by atoms with Gasteiger partial charge in [0.2, 0.25) is 5.16 Å². The van der Waals surface area contributed by atoms with E-state index in [-0.39, 0.29) is 13.2 Å². The number of nitrogens with zero attached hydrogens (tertiary/aromatic N) is 4. The predicted octanol–water partition coefficient (Wildman–Crippen LogP) is -0.753. The number of hydrogen-bond donors (Lipinski definition) is 2. The molecule has 0 bridgehead atoms. The smallest absolute Gasteiger partial charge is 0.325 e. The van der Waals surface area contributed by atoms with Gasteiger partial charge < -0.3 is 14.9 Å². The minimum atomic E-state index is -1.02. The van der Waals surface area contributed by atoms with Gasteiger partial charge in [-0.3, -0.25) is 4.79 Å². The Bertz CT molecular complexity index is 359. The van der Waals surface area contributed by atoms with Crippen LogP contribution in [0.25, 0.3) is 0 Å². The third-order valence-corrected chi connectivity index (χ3v) is 2.81. The fourth-order valence-corrected chi connectivity index (χ4v) is 1.78. The van der Waals surface area contributed by atoms with Crippen molar-refractivity contribution in [1.29, 1.82) is 0 Å². The molecule has 1 rings (SSSR count). The van der Waals surface area contributed by atoms with Crippen molar-refractivity contribution in [3.8, 4) is 0 Å². The van der Waals surface area contributed by atoms with Crippen LogP contribution in [0.2, 0.25) is 0 Å². The molecule has 0 aliphatic heterocycles. The van der Waals surface area contributed by atoms with Gasteiger partial charge in [0.1, 0.15) is 6.54 Å². The molecule has 96 valence electrons. The number of tetrazole rings is 1. The molecule has 1 heterocycles. The fraction of sp³-hybridized carbons (Fsp3) is 0.750. The highest BCUT2D eigenvalue weighted by atomic mass is 32.2. The first kappa shape index (κ1) is 13.9. The second-order valence-electron chi connectivity index (χ2n) is 3.14.